The van der Waals surface area contributed by atoms with E-state index in [-0.39, 0.29) is 29.9 Å². The first-order chi connectivity index (χ1) is 9.56. The Morgan fingerprint density at radius 3 is 2.76 bits per heavy atom. The molecule has 2 N–H and O–H groups in total. The first-order valence-electron chi connectivity index (χ1n) is 7.37. The Kier molecular flexibility index (Phi) is 4.89. The minimum Gasteiger partial charge on any atom is -0.338 e. The SMILES string of the molecule is Cc1ccc(C(=O)N2CC3CCCC(N)C3C2)c(F)c1.Cl. The molecule has 21 heavy (non-hydrogen) atoms. The second kappa shape index (κ2) is 6.32. The third-order valence-electron chi connectivity index (χ3n) is 4.80. The fourth-order valence-corrected chi connectivity index (χ4v) is 3.65. The van der Waals surface area contributed by atoms with E-state index in [2.05, 4.69) is 0 Å². The molecule has 1 amide bonds. The van der Waals surface area contributed by atoms with E-state index in [1.54, 1.807) is 17.0 Å². The van der Waals surface area contributed by atoms with Crippen molar-refractivity contribution in [1.82, 2.24) is 4.90 Å². The highest BCUT2D eigenvalue weighted by molar-refractivity contribution is 5.94. The average molecular weight is 313 g/mol. The van der Waals surface area contributed by atoms with E-state index in [1.807, 2.05) is 6.92 Å². The summed E-state index contributed by atoms with van der Waals surface area (Å²) in [6.45, 7) is 3.23. The summed E-state index contributed by atoms with van der Waals surface area (Å²) in [4.78, 5) is 14.3. The van der Waals surface area contributed by atoms with E-state index in [1.165, 1.54) is 6.07 Å². The van der Waals surface area contributed by atoms with Crippen molar-refractivity contribution < 1.29 is 9.18 Å². The minimum atomic E-state index is -0.422. The van der Waals surface area contributed by atoms with Gasteiger partial charge in [-0.25, -0.2) is 4.39 Å². The van der Waals surface area contributed by atoms with Crippen LogP contribution in [0.25, 0.3) is 0 Å². The number of nitrogens with zero attached hydrogens (tertiary/aromatic N) is 1. The summed E-state index contributed by atoms with van der Waals surface area (Å²) in [5.74, 6) is 0.274. The number of rotatable bonds is 1. The largest absolute Gasteiger partial charge is 0.338 e. The molecule has 2 fully saturated rings. The smallest absolute Gasteiger partial charge is 0.256 e. The van der Waals surface area contributed by atoms with E-state index in [9.17, 15) is 9.18 Å². The molecule has 116 valence electrons. The van der Waals surface area contributed by atoms with Crippen LogP contribution in [0, 0.1) is 24.6 Å². The third kappa shape index (κ3) is 3.06. The molecule has 1 saturated heterocycles. The maximum absolute atomic E-state index is 13.9. The molecule has 3 nitrogen and oxygen atoms in total. The summed E-state index contributed by atoms with van der Waals surface area (Å²) in [7, 11) is 0. The zero-order valence-corrected chi connectivity index (χ0v) is 13.0. The first kappa shape index (κ1) is 16.2. The fraction of sp³-hybridized carbons (Fsp3) is 0.562. The summed E-state index contributed by atoms with van der Waals surface area (Å²) in [5, 5.41) is 0. The molecule has 1 saturated carbocycles. The Morgan fingerprint density at radius 1 is 1.33 bits per heavy atom. The highest BCUT2D eigenvalue weighted by atomic mass is 35.5. The first-order valence-corrected chi connectivity index (χ1v) is 7.37. The van der Waals surface area contributed by atoms with Crippen LogP contribution < -0.4 is 5.73 Å². The lowest BCUT2D eigenvalue weighted by Gasteiger charge is -2.29. The molecule has 1 aromatic rings. The van der Waals surface area contributed by atoms with Gasteiger partial charge in [-0.05, 0) is 49.3 Å². The number of fused-ring (bicyclic) bond motifs is 1. The van der Waals surface area contributed by atoms with E-state index >= 15 is 0 Å². The van der Waals surface area contributed by atoms with Gasteiger partial charge < -0.3 is 10.6 Å². The van der Waals surface area contributed by atoms with Crippen LogP contribution in [0.2, 0.25) is 0 Å². The van der Waals surface area contributed by atoms with Gasteiger partial charge in [0.15, 0.2) is 0 Å². The average Bonchev–Trinajstić information content (AvgIpc) is 2.83. The number of halogens is 2. The van der Waals surface area contributed by atoms with Gasteiger partial charge in [0.1, 0.15) is 5.82 Å². The molecule has 0 aromatic heterocycles. The Labute approximate surface area is 131 Å². The van der Waals surface area contributed by atoms with Crippen molar-refractivity contribution in [3.8, 4) is 0 Å². The molecule has 0 spiro atoms. The predicted molar refractivity (Wildman–Crippen MR) is 83.1 cm³/mol. The molecular weight excluding hydrogens is 291 g/mol. The molecule has 5 heteroatoms. The Hall–Kier alpha value is -1.13. The molecule has 0 radical (unpaired) electrons. The van der Waals surface area contributed by atoms with Crippen LogP contribution in [0.1, 0.15) is 35.2 Å². The van der Waals surface area contributed by atoms with Crippen molar-refractivity contribution in [2.24, 2.45) is 17.6 Å². The lowest BCUT2D eigenvalue weighted by atomic mass is 9.78. The summed E-state index contributed by atoms with van der Waals surface area (Å²) < 4.78 is 13.9. The molecule has 1 aromatic carbocycles. The number of aryl methyl sites for hydroxylation is 1. The molecule has 3 unspecified atom stereocenters. The quantitative estimate of drug-likeness (QED) is 0.866. The number of hydrogen-bond donors (Lipinski definition) is 1. The monoisotopic (exact) mass is 312 g/mol. The van der Waals surface area contributed by atoms with Crippen molar-refractivity contribution in [3.05, 3.63) is 35.1 Å². The molecule has 2 aliphatic rings. The predicted octanol–water partition coefficient (Wildman–Crippen LogP) is 2.76. The number of likely N-dealkylation sites (tertiary alicyclic amines) is 1. The van der Waals surface area contributed by atoms with E-state index in [0.717, 1.165) is 31.4 Å². The highest BCUT2D eigenvalue weighted by Gasteiger charge is 2.40. The lowest BCUT2D eigenvalue weighted by molar-refractivity contribution is 0.0779. The molecule has 3 atom stereocenters. The summed E-state index contributed by atoms with van der Waals surface area (Å²) >= 11 is 0. The Balaban J connectivity index is 0.00000161. The number of amides is 1. The standard InChI is InChI=1S/C16H21FN2O.ClH/c1-10-5-6-12(14(17)7-10)16(20)19-8-11-3-2-4-15(18)13(11)9-19;/h5-7,11,13,15H,2-4,8-9,18H2,1H3;1H. The van der Waals surface area contributed by atoms with Gasteiger partial charge in [0, 0.05) is 19.1 Å². The maximum Gasteiger partial charge on any atom is 0.256 e. The van der Waals surface area contributed by atoms with Gasteiger partial charge in [-0.3, -0.25) is 4.79 Å². The molecule has 0 bridgehead atoms. The van der Waals surface area contributed by atoms with Crippen molar-refractivity contribution in [2.45, 2.75) is 32.2 Å². The molecular formula is C16H22ClFN2O. The number of carbonyl (C=O) groups excluding carboxylic acids is 1. The highest BCUT2D eigenvalue weighted by Crippen LogP contribution is 2.36. The van der Waals surface area contributed by atoms with Gasteiger partial charge in [-0.15, -0.1) is 12.4 Å². The van der Waals surface area contributed by atoms with Crippen LogP contribution in [0.15, 0.2) is 18.2 Å². The fourth-order valence-electron chi connectivity index (χ4n) is 3.65. The third-order valence-corrected chi connectivity index (χ3v) is 4.80. The van der Waals surface area contributed by atoms with Gasteiger partial charge >= 0.3 is 0 Å². The minimum absolute atomic E-state index is 0. The molecule has 1 heterocycles. The topological polar surface area (TPSA) is 46.3 Å². The van der Waals surface area contributed by atoms with Gasteiger partial charge in [-0.2, -0.15) is 0 Å². The van der Waals surface area contributed by atoms with E-state index in [4.69, 9.17) is 5.73 Å². The van der Waals surface area contributed by atoms with Crippen molar-refractivity contribution in [1.29, 1.82) is 0 Å². The van der Waals surface area contributed by atoms with E-state index in [0.29, 0.717) is 18.4 Å². The zero-order valence-electron chi connectivity index (χ0n) is 12.2. The number of carbonyl (C=O) groups is 1. The van der Waals surface area contributed by atoms with Gasteiger partial charge in [0.25, 0.3) is 5.91 Å². The van der Waals surface area contributed by atoms with Crippen LogP contribution >= 0.6 is 12.4 Å². The number of benzene rings is 1. The van der Waals surface area contributed by atoms with Crippen molar-refractivity contribution >= 4 is 18.3 Å². The summed E-state index contributed by atoms with van der Waals surface area (Å²) in [6.07, 6.45) is 3.32. The molecule has 1 aliphatic heterocycles. The van der Waals surface area contributed by atoms with Crippen LogP contribution in [0.4, 0.5) is 4.39 Å². The van der Waals surface area contributed by atoms with Gasteiger partial charge in [0.2, 0.25) is 0 Å². The second-order valence-corrected chi connectivity index (χ2v) is 6.21. The molecule has 3 rings (SSSR count). The molecule has 1 aliphatic carbocycles. The van der Waals surface area contributed by atoms with E-state index < -0.39 is 5.82 Å². The van der Waals surface area contributed by atoms with Crippen LogP contribution in [-0.4, -0.2) is 29.9 Å². The van der Waals surface area contributed by atoms with Crippen LogP contribution in [0.5, 0.6) is 0 Å². The zero-order chi connectivity index (χ0) is 14.3. The normalized spacial score (nSPS) is 28.0. The van der Waals surface area contributed by atoms with Gasteiger partial charge in [0.05, 0.1) is 5.56 Å². The Bertz CT molecular complexity index is 537. The summed E-state index contributed by atoms with van der Waals surface area (Å²) in [6, 6.07) is 4.98. The van der Waals surface area contributed by atoms with Crippen molar-refractivity contribution in [3.63, 3.8) is 0 Å². The maximum atomic E-state index is 13.9. The summed E-state index contributed by atoms with van der Waals surface area (Å²) in [5.41, 5.74) is 7.17. The second-order valence-electron chi connectivity index (χ2n) is 6.21. The van der Waals surface area contributed by atoms with Gasteiger partial charge in [-0.1, -0.05) is 12.5 Å². The number of nitrogens with two attached hydrogens (primary N) is 1. The van der Waals surface area contributed by atoms with Crippen LogP contribution in [0.3, 0.4) is 0 Å². The lowest BCUT2D eigenvalue weighted by Crippen LogP contribution is -2.38. The van der Waals surface area contributed by atoms with Crippen LogP contribution in [-0.2, 0) is 0 Å². The Morgan fingerprint density at radius 2 is 2.10 bits per heavy atom. The van der Waals surface area contributed by atoms with Crippen molar-refractivity contribution in [2.75, 3.05) is 13.1 Å². The number of hydrogen-bond acceptors (Lipinski definition) is 2.